The second kappa shape index (κ2) is 6.04. The summed E-state index contributed by atoms with van der Waals surface area (Å²) in [6.07, 6.45) is 3.39. The average Bonchev–Trinajstić information content (AvgIpc) is 2.48. The third-order valence-corrected chi connectivity index (χ3v) is 3.75. The molecule has 2 heterocycles. The third-order valence-electron chi connectivity index (χ3n) is 3.75. The predicted octanol–water partition coefficient (Wildman–Crippen LogP) is -1.24. The Hall–Kier alpha value is -1.89. The van der Waals surface area contributed by atoms with E-state index in [1.807, 2.05) is 7.05 Å². The minimum atomic E-state index is -0.465. The Labute approximate surface area is 116 Å². The number of rotatable bonds is 3. The third kappa shape index (κ3) is 2.98. The predicted molar refractivity (Wildman–Crippen MR) is 74.6 cm³/mol. The van der Waals surface area contributed by atoms with E-state index in [2.05, 4.69) is 5.32 Å². The van der Waals surface area contributed by atoms with Crippen LogP contribution in [0.3, 0.4) is 0 Å². The molecule has 110 valence electrons. The quantitative estimate of drug-likeness (QED) is 0.751. The van der Waals surface area contributed by atoms with Gasteiger partial charge in [-0.05, 0) is 19.9 Å². The van der Waals surface area contributed by atoms with E-state index >= 15 is 0 Å². The molecule has 0 unspecified atom stereocenters. The van der Waals surface area contributed by atoms with Gasteiger partial charge in [0.1, 0.15) is 6.54 Å². The first-order valence-corrected chi connectivity index (χ1v) is 6.74. The van der Waals surface area contributed by atoms with Crippen molar-refractivity contribution in [3.8, 4) is 0 Å². The van der Waals surface area contributed by atoms with Crippen LogP contribution in [-0.4, -0.2) is 46.1 Å². The van der Waals surface area contributed by atoms with Gasteiger partial charge < -0.3 is 10.2 Å². The molecule has 0 spiro atoms. The Morgan fingerprint density at radius 2 is 2.20 bits per heavy atom. The van der Waals surface area contributed by atoms with Crippen molar-refractivity contribution in [2.75, 3.05) is 20.1 Å². The number of amides is 1. The molecule has 0 bridgehead atoms. The lowest BCUT2D eigenvalue weighted by atomic mass is 10.1. The number of hydrogen-bond donors (Lipinski definition) is 1. The van der Waals surface area contributed by atoms with Crippen molar-refractivity contribution < 1.29 is 4.79 Å². The fourth-order valence-corrected chi connectivity index (χ4v) is 2.42. The van der Waals surface area contributed by atoms with E-state index in [1.54, 1.807) is 4.90 Å². The Bertz CT molecular complexity index is 604. The van der Waals surface area contributed by atoms with Gasteiger partial charge in [-0.15, -0.1) is 0 Å². The van der Waals surface area contributed by atoms with Gasteiger partial charge in [-0.1, -0.05) is 0 Å². The zero-order valence-electron chi connectivity index (χ0n) is 11.8. The molecule has 0 aromatic carbocycles. The van der Waals surface area contributed by atoms with E-state index in [-0.39, 0.29) is 18.0 Å². The number of nitrogens with zero attached hydrogens (tertiary/aromatic N) is 3. The molecule has 1 amide bonds. The monoisotopic (exact) mass is 280 g/mol. The Balaban J connectivity index is 2.10. The maximum Gasteiger partial charge on any atom is 0.331 e. The van der Waals surface area contributed by atoms with E-state index in [4.69, 9.17) is 0 Å². The van der Waals surface area contributed by atoms with Crippen LogP contribution >= 0.6 is 0 Å². The van der Waals surface area contributed by atoms with Crippen LogP contribution in [0.5, 0.6) is 0 Å². The SMILES string of the molecule is CN[C@H]1CCCN(C(=O)Cn2ccc(=O)n(C)c2=O)C1. The number of carbonyl (C=O) groups is 1. The van der Waals surface area contributed by atoms with Crippen molar-refractivity contribution in [2.24, 2.45) is 7.05 Å². The molecule has 7 nitrogen and oxygen atoms in total. The summed E-state index contributed by atoms with van der Waals surface area (Å²) in [4.78, 5) is 37.2. The molecule has 1 saturated heterocycles. The summed E-state index contributed by atoms with van der Waals surface area (Å²) in [7, 11) is 3.29. The first-order valence-electron chi connectivity index (χ1n) is 6.74. The second-order valence-electron chi connectivity index (χ2n) is 5.09. The van der Waals surface area contributed by atoms with Crippen molar-refractivity contribution in [1.29, 1.82) is 0 Å². The van der Waals surface area contributed by atoms with Crippen LogP contribution in [0.15, 0.2) is 21.9 Å². The topological polar surface area (TPSA) is 76.3 Å². The summed E-state index contributed by atoms with van der Waals surface area (Å²) < 4.78 is 2.27. The van der Waals surface area contributed by atoms with Gasteiger partial charge >= 0.3 is 5.69 Å². The summed E-state index contributed by atoms with van der Waals surface area (Å²) >= 11 is 0. The largest absolute Gasteiger partial charge is 0.340 e. The molecule has 0 saturated carbocycles. The van der Waals surface area contributed by atoms with Crippen LogP contribution in [0.4, 0.5) is 0 Å². The number of likely N-dealkylation sites (N-methyl/N-ethyl adjacent to an activating group) is 1. The van der Waals surface area contributed by atoms with Gasteiger partial charge in [-0.3, -0.25) is 18.7 Å². The average molecular weight is 280 g/mol. The molecule has 1 aliphatic heterocycles. The number of hydrogen-bond acceptors (Lipinski definition) is 4. The molecule has 7 heteroatoms. The lowest BCUT2D eigenvalue weighted by Gasteiger charge is -2.32. The summed E-state index contributed by atoms with van der Waals surface area (Å²) in [5.41, 5.74) is -0.833. The number of likely N-dealkylation sites (tertiary alicyclic amines) is 1. The molecule has 1 aromatic rings. The van der Waals surface area contributed by atoms with Gasteiger partial charge in [0.2, 0.25) is 5.91 Å². The minimum Gasteiger partial charge on any atom is -0.340 e. The van der Waals surface area contributed by atoms with E-state index in [0.29, 0.717) is 12.6 Å². The summed E-state index contributed by atoms with van der Waals surface area (Å²) in [5.74, 6) is -0.0919. The maximum atomic E-state index is 12.2. The highest BCUT2D eigenvalue weighted by molar-refractivity contribution is 5.76. The van der Waals surface area contributed by atoms with Crippen LogP contribution in [-0.2, 0) is 18.4 Å². The van der Waals surface area contributed by atoms with Crippen LogP contribution in [0.1, 0.15) is 12.8 Å². The molecule has 2 rings (SSSR count). The molecule has 0 radical (unpaired) electrons. The van der Waals surface area contributed by atoms with E-state index in [1.165, 1.54) is 23.9 Å². The summed E-state index contributed by atoms with van der Waals surface area (Å²) in [6.45, 7) is 1.36. The van der Waals surface area contributed by atoms with Crippen LogP contribution in [0.25, 0.3) is 0 Å². The second-order valence-corrected chi connectivity index (χ2v) is 5.09. The van der Waals surface area contributed by atoms with Crippen molar-refractivity contribution in [3.05, 3.63) is 33.1 Å². The van der Waals surface area contributed by atoms with Gasteiger partial charge in [0.25, 0.3) is 5.56 Å². The highest BCUT2D eigenvalue weighted by atomic mass is 16.2. The maximum absolute atomic E-state index is 12.2. The van der Waals surface area contributed by atoms with Crippen LogP contribution in [0, 0.1) is 0 Å². The Kier molecular flexibility index (Phi) is 4.39. The fourth-order valence-electron chi connectivity index (χ4n) is 2.42. The van der Waals surface area contributed by atoms with Crippen molar-refractivity contribution in [3.63, 3.8) is 0 Å². The van der Waals surface area contributed by atoms with Gasteiger partial charge in [0.15, 0.2) is 0 Å². The van der Waals surface area contributed by atoms with Gasteiger partial charge in [-0.25, -0.2) is 4.79 Å². The molecule has 1 atom stereocenters. The minimum absolute atomic E-state index is 0.0244. The number of nitrogens with one attached hydrogen (secondary N) is 1. The highest BCUT2D eigenvalue weighted by Crippen LogP contribution is 2.10. The van der Waals surface area contributed by atoms with Crippen molar-refractivity contribution in [1.82, 2.24) is 19.4 Å². The number of carbonyl (C=O) groups excluding carboxylic acids is 1. The van der Waals surface area contributed by atoms with E-state index in [9.17, 15) is 14.4 Å². The first-order chi connectivity index (χ1) is 9.52. The number of piperidine rings is 1. The normalized spacial score (nSPS) is 19.1. The molecular formula is C13H20N4O3. The molecular weight excluding hydrogens is 260 g/mol. The van der Waals surface area contributed by atoms with Gasteiger partial charge in [0.05, 0.1) is 0 Å². The molecule has 1 fully saturated rings. The van der Waals surface area contributed by atoms with E-state index in [0.717, 1.165) is 24.0 Å². The molecule has 1 aliphatic rings. The van der Waals surface area contributed by atoms with Crippen LogP contribution in [0.2, 0.25) is 0 Å². The Morgan fingerprint density at radius 1 is 1.45 bits per heavy atom. The first kappa shape index (κ1) is 14.5. The van der Waals surface area contributed by atoms with E-state index < -0.39 is 5.69 Å². The van der Waals surface area contributed by atoms with Gasteiger partial charge in [-0.2, -0.15) is 0 Å². The molecule has 20 heavy (non-hydrogen) atoms. The lowest BCUT2D eigenvalue weighted by molar-refractivity contribution is -0.133. The fraction of sp³-hybridized carbons (Fsp3) is 0.615. The smallest absolute Gasteiger partial charge is 0.331 e. The lowest BCUT2D eigenvalue weighted by Crippen LogP contribution is -2.49. The van der Waals surface area contributed by atoms with Crippen molar-refractivity contribution in [2.45, 2.75) is 25.4 Å². The van der Waals surface area contributed by atoms with Crippen LogP contribution < -0.4 is 16.6 Å². The molecule has 0 aliphatic carbocycles. The highest BCUT2D eigenvalue weighted by Gasteiger charge is 2.22. The number of aromatic nitrogens is 2. The van der Waals surface area contributed by atoms with Gasteiger partial charge in [0, 0.05) is 38.4 Å². The molecule has 1 aromatic heterocycles. The zero-order valence-corrected chi connectivity index (χ0v) is 11.8. The summed E-state index contributed by atoms with van der Waals surface area (Å²) in [5, 5.41) is 3.17. The molecule has 1 N–H and O–H groups in total. The Morgan fingerprint density at radius 3 is 2.90 bits per heavy atom. The summed E-state index contributed by atoms with van der Waals surface area (Å²) in [6, 6.07) is 1.60. The zero-order chi connectivity index (χ0) is 14.7. The van der Waals surface area contributed by atoms with Crippen molar-refractivity contribution >= 4 is 5.91 Å². The standard InChI is InChI=1S/C13H20N4O3/c1-14-10-4-3-6-16(8-10)12(19)9-17-7-5-11(18)15(2)13(17)20/h5,7,10,14H,3-4,6,8-9H2,1-2H3/t10-/m0/s1.